The van der Waals surface area contributed by atoms with Gasteiger partial charge in [0.1, 0.15) is 5.82 Å². The van der Waals surface area contributed by atoms with Crippen LogP contribution in [-0.2, 0) is 4.79 Å². The molecule has 1 aliphatic carbocycles. The molecule has 0 aromatic heterocycles. The molecule has 200 valence electrons. The lowest BCUT2D eigenvalue weighted by molar-refractivity contribution is -0.116. The van der Waals surface area contributed by atoms with Crippen molar-refractivity contribution in [1.29, 1.82) is 0 Å². The first-order chi connectivity index (χ1) is 19.4. The Morgan fingerprint density at radius 3 is 2.38 bits per heavy atom. The molecule has 6 rings (SSSR count). The lowest BCUT2D eigenvalue weighted by atomic mass is 9.78. The van der Waals surface area contributed by atoms with Gasteiger partial charge in [-0.1, -0.05) is 83.9 Å². The van der Waals surface area contributed by atoms with Gasteiger partial charge in [0, 0.05) is 28.9 Å². The Labute approximate surface area is 241 Å². The van der Waals surface area contributed by atoms with Crippen LogP contribution >= 0.6 is 23.2 Å². The van der Waals surface area contributed by atoms with Crippen molar-refractivity contribution in [2.75, 3.05) is 15.5 Å². The van der Waals surface area contributed by atoms with Crippen LogP contribution in [0.4, 0.5) is 26.2 Å². The fourth-order valence-electron chi connectivity index (χ4n) is 5.52. The minimum absolute atomic E-state index is 0.0510. The number of urea groups is 1. The SMILES string of the molecule is O=C1C[C@H](c2ccccc2)CC2=C1[C@@H](c1ccccc1F)N(C(=O)Nc1ccc(Cl)c(Cl)c1)c1ccccc1N2. The second-order valence-electron chi connectivity index (χ2n) is 9.83. The number of allylic oxidation sites excluding steroid dienone is 1. The van der Waals surface area contributed by atoms with Crippen molar-refractivity contribution in [3.05, 3.63) is 135 Å². The number of hydrogen-bond acceptors (Lipinski definition) is 3. The molecule has 4 aromatic rings. The molecule has 2 atom stereocenters. The molecule has 40 heavy (non-hydrogen) atoms. The van der Waals surface area contributed by atoms with Crippen LogP contribution in [0.5, 0.6) is 0 Å². The van der Waals surface area contributed by atoms with Gasteiger partial charge < -0.3 is 10.6 Å². The number of fused-ring (bicyclic) bond motifs is 1. The summed E-state index contributed by atoms with van der Waals surface area (Å²) in [7, 11) is 0. The van der Waals surface area contributed by atoms with Gasteiger partial charge in [-0.15, -0.1) is 0 Å². The maximum atomic E-state index is 15.5. The van der Waals surface area contributed by atoms with Crippen LogP contribution in [-0.4, -0.2) is 11.8 Å². The van der Waals surface area contributed by atoms with Gasteiger partial charge in [0.25, 0.3) is 0 Å². The maximum Gasteiger partial charge on any atom is 0.327 e. The fraction of sp³-hybridized carbons (Fsp3) is 0.125. The van der Waals surface area contributed by atoms with Crippen LogP contribution in [0.25, 0.3) is 0 Å². The van der Waals surface area contributed by atoms with Crippen molar-refractivity contribution in [3.8, 4) is 0 Å². The van der Waals surface area contributed by atoms with Gasteiger partial charge >= 0.3 is 6.03 Å². The first kappa shape index (κ1) is 26.1. The Kier molecular flexibility index (Phi) is 7.05. The van der Waals surface area contributed by atoms with Gasteiger partial charge in [-0.2, -0.15) is 0 Å². The van der Waals surface area contributed by atoms with E-state index in [0.29, 0.717) is 39.8 Å². The van der Waals surface area contributed by atoms with E-state index in [4.69, 9.17) is 23.2 Å². The number of hydrogen-bond donors (Lipinski definition) is 2. The average molecular weight is 572 g/mol. The smallest absolute Gasteiger partial charge is 0.327 e. The van der Waals surface area contributed by atoms with E-state index < -0.39 is 17.9 Å². The van der Waals surface area contributed by atoms with Crippen LogP contribution in [0, 0.1) is 5.82 Å². The van der Waals surface area contributed by atoms with Crippen molar-refractivity contribution in [1.82, 2.24) is 0 Å². The molecule has 8 heteroatoms. The third-order valence-electron chi connectivity index (χ3n) is 7.35. The molecular formula is C32H24Cl2FN3O2. The zero-order valence-electron chi connectivity index (χ0n) is 21.2. The minimum atomic E-state index is -1.01. The summed E-state index contributed by atoms with van der Waals surface area (Å²) >= 11 is 12.3. The average Bonchev–Trinajstić information content (AvgIpc) is 3.10. The highest BCUT2D eigenvalue weighted by Crippen LogP contribution is 2.48. The number of carbonyl (C=O) groups is 2. The van der Waals surface area contributed by atoms with E-state index in [1.54, 1.807) is 48.5 Å². The van der Waals surface area contributed by atoms with Crippen LogP contribution in [0.2, 0.25) is 10.0 Å². The number of rotatable bonds is 3. The summed E-state index contributed by atoms with van der Waals surface area (Å²) in [4.78, 5) is 29.6. The quantitative estimate of drug-likeness (QED) is 0.258. The molecule has 2 N–H and O–H groups in total. The predicted octanol–water partition coefficient (Wildman–Crippen LogP) is 8.74. The number of Topliss-reactive ketones (excluding diaryl/α,β-unsaturated/α-hetero) is 1. The summed E-state index contributed by atoms with van der Waals surface area (Å²) in [5.41, 5.74) is 3.89. The largest absolute Gasteiger partial charge is 0.357 e. The fourth-order valence-corrected chi connectivity index (χ4v) is 5.82. The second-order valence-corrected chi connectivity index (χ2v) is 10.6. The van der Waals surface area contributed by atoms with Gasteiger partial charge in [0.05, 0.1) is 27.5 Å². The summed E-state index contributed by atoms with van der Waals surface area (Å²) in [6, 6.07) is 26.6. The maximum absolute atomic E-state index is 15.5. The molecule has 1 heterocycles. The first-order valence-electron chi connectivity index (χ1n) is 12.9. The summed E-state index contributed by atoms with van der Waals surface area (Å²) in [5.74, 6) is -0.704. The van der Waals surface area contributed by atoms with E-state index in [-0.39, 0.29) is 28.7 Å². The van der Waals surface area contributed by atoms with Gasteiger partial charge in [0.2, 0.25) is 0 Å². The highest BCUT2D eigenvalue weighted by molar-refractivity contribution is 6.42. The van der Waals surface area contributed by atoms with Crippen LogP contribution in [0.3, 0.4) is 0 Å². The number of benzene rings is 4. The van der Waals surface area contributed by atoms with E-state index in [0.717, 1.165) is 5.56 Å². The molecule has 0 saturated carbocycles. The summed E-state index contributed by atoms with van der Waals surface area (Å²) < 4.78 is 15.5. The van der Waals surface area contributed by atoms with Crippen LogP contribution < -0.4 is 15.5 Å². The molecule has 0 spiro atoms. The van der Waals surface area contributed by atoms with Crippen molar-refractivity contribution >= 4 is 52.1 Å². The standard InChI is InChI=1S/C32H24Cl2FN3O2/c33-23-15-14-21(18-24(23)34)36-32(40)38-28-13-7-6-12-26(28)37-27-16-20(19-8-2-1-3-9-19)17-29(39)30(27)31(38)22-10-4-5-11-25(22)35/h1-15,18,20,31,37H,16-17H2,(H,36,40)/t20-,31-/m1/s1. The zero-order valence-corrected chi connectivity index (χ0v) is 22.7. The van der Waals surface area contributed by atoms with Crippen molar-refractivity contribution < 1.29 is 14.0 Å². The summed E-state index contributed by atoms with van der Waals surface area (Å²) in [5, 5.41) is 6.96. The summed E-state index contributed by atoms with van der Waals surface area (Å²) in [6.07, 6.45) is 0.778. The molecule has 0 fully saturated rings. The lowest BCUT2D eigenvalue weighted by Gasteiger charge is -2.35. The third kappa shape index (κ3) is 4.85. The van der Waals surface area contributed by atoms with Gasteiger partial charge in [-0.3, -0.25) is 9.69 Å². The molecule has 1 aliphatic heterocycles. The molecule has 4 aromatic carbocycles. The number of anilines is 3. The Bertz CT molecular complexity index is 1660. The Morgan fingerprint density at radius 1 is 0.875 bits per heavy atom. The topological polar surface area (TPSA) is 61.4 Å². The molecule has 0 bridgehead atoms. The first-order valence-corrected chi connectivity index (χ1v) is 13.6. The number of amides is 2. The third-order valence-corrected chi connectivity index (χ3v) is 8.09. The van der Waals surface area contributed by atoms with Gasteiger partial charge in [-0.05, 0) is 54.3 Å². The molecule has 0 radical (unpaired) electrons. The Balaban J connectivity index is 1.52. The molecule has 5 nitrogen and oxygen atoms in total. The van der Waals surface area contributed by atoms with Gasteiger partial charge in [-0.25, -0.2) is 9.18 Å². The number of ketones is 1. The monoisotopic (exact) mass is 571 g/mol. The number of nitrogens with zero attached hydrogens (tertiary/aromatic N) is 1. The van der Waals surface area contributed by atoms with Crippen molar-refractivity contribution in [3.63, 3.8) is 0 Å². The Hall–Kier alpha value is -4.13. The minimum Gasteiger partial charge on any atom is -0.357 e. The highest BCUT2D eigenvalue weighted by atomic mass is 35.5. The van der Waals surface area contributed by atoms with E-state index in [9.17, 15) is 9.59 Å². The molecule has 2 amide bonds. The predicted molar refractivity (Wildman–Crippen MR) is 158 cm³/mol. The zero-order chi connectivity index (χ0) is 27.8. The van der Waals surface area contributed by atoms with Crippen molar-refractivity contribution in [2.24, 2.45) is 0 Å². The van der Waals surface area contributed by atoms with E-state index in [1.165, 1.54) is 11.0 Å². The van der Waals surface area contributed by atoms with Gasteiger partial charge in [0.15, 0.2) is 5.78 Å². The molecular weight excluding hydrogens is 548 g/mol. The van der Waals surface area contributed by atoms with Crippen molar-refractivity contribution in [2.45, 2.75) is 24.8 Å². The van der Waals surface area contributed by atoms with E-state index in [2.05, 4.69) is 10.6 Å². The highest BCUT2D eigenvalue weighted by Gasteiger charge is 2.42. The number of carbonyl (C=O) groups excluding carboxylic acids is 2. The lowest BCUT2D eigenvalue weighted by Crippen LogP contribution is -2.41. The molecule has 0 unspecified atom stereocenters. The molecule has 2 aliphatic rings. The number of nitrogens with one attached hydrogen (secondary N) is 2. The Morgan fingerprint density at radius 2 is 1.60 bits per heavy atom. The van der Waals surface area contributed by atoms with E-state index >= 15 is 4.39 Å². The number of halogens is 3. The van der Waals surface area contributed by atoms with E-state index in [1.807, 2.05) is 42.5 Å². The normalized spacial score (nSPS) is 18.4. The second kappa shape index (κ2) is 10.8. The van der Waals surface area contributed by atoms with Crippen LogP contribution in [0.15, 0.2) is 108 Å². The summed E-state index contributed by atoms with van der Waals surface area (Å²) in [6.45, 7) is 0. The van der Waals surface area contributed by atoms with Crippen LogP contribution in [0.1, 0.15) is 35.9 Å². The molecule has 0 saturated heterocycles. The number of para-hydroxylation sites is 2.